The second-order valence-corrected chi connectivity index (χ2v) is 7.44. The van der Waals surface area contributed by atoms with Crippen molar-refractivity contribution in [2.24, 2.45) is 0 Å². The van der Waals surface area contributed by atoms with Crippen LogP contribution in [0.3, 0.4) is 0 Å². The van der Waals surface area contributed by atoms with Crippen molar-refractivity contribution in [3.8, 4) is 5.75 Å². The van der Waals surface area contributed by atoms with Crippen molar-refractivity contribution in [1.29, 1.82) is 0 Å². The van der Waals surface area contributed by atoms with E-state index in [4.69, 9.17) is 10.6 Å². The van der Waals surface area contributed by atoms with Crippen molar-refractivity contribution in [2.75, 3.05) is 5.84 Å². The molecule has 0 aliphatic carbocycles. The molecule has 0 fully saturated rings. The Labute approximate surface area is 158 Å². The van der Waals surface area contributed by atoms with Crippen LogP contribution in [0.25, 0.3) is 0 Å². The summed E-state index contributed by atoms with van der Waals surface area (Å²) in [6.45, 7) is 6.73. The Balaban J connectivity index is 1.59. The van der Waals surface area contributed by atoms with Gasteiger partial charge in [0, 0.05) is 5.75 Å². The van der Waals surface area contributed by atoms with Gasteiger partial charge >= 0.3 is 0 Å². The number of aromatic nitrogens is 3. The smallest absolute Gasteiger partial charge is 0.210 e. The first-order valence-electron chi connectivity index (χ1n) is 8.64. The zero-order valence-corrected chi connectivity index (χ0v) is 16.2. The topological polar surface area (TPSA) is 66.0 Å². The quantitative estimate of drug-likeness (QED) is 0.498. The summed E-state index contributed by atoms with van der Waals surface area (Å²) in [5, 5.41) is 9.02. The summed E-state index contributed by atoms with van der Waals surface area (Å²) >= 11 is 1.57. The second-order valence-electron chi connectivity index (χ2n) is 6.50. The first kappa shape index (κ1) is 18.3. The Morgan fingerprint density at radius 2 is 1.81 bits per heavy atom. The lowest BCUT2D eigenvalue weighted by Gasteiger charge is -2.09. The summed E-state index contributed by atoms with van der Waals surface area (Å²) in [7, 11) is 0. The Morgan fingerprint density at radius 1 is 1.08 bits per heavy atom. The largest absolute Gasteiger partial charge is 0.486 e. The molecule has 136 valence electrons. The van der Waals surface area contributed by atoms with Gasteiger partial charge in [-0.1, -0.05) is 62.0 Å². The average molecular weight is 369 g/mol. The molecule has 3 aromatic rings. The highest BCUT2D eigenvalue weighted by Crippen LogP contribution is 2.23. The predicted molar refractivity (Wildman–Crippen MR) is 106 cm³/mol. The third kappa shape index (κ3) is 4.38. The molecule has 0 aliphatic heterocycles. The van der Waals surface area contributed by atoms with Gasteiger partial charge in [0.2, 0.25) is 5.16 Å². The van der Waals surface area contributed by atoms with Gasteiger partial charge in [-0.15, -0.1) is 10.2 Å². The molecular weight excluding hydrogens is 344 g/mol. The van der Waals surface area contributed by atoms with E-state index in [-0.39, 0.29) is 6.61 Å². The number of ether oxygens (including phenoxy) is 1. The fraction of sp³-hybridized carbons (Fsp3) is 0.300. The summed E-state index contributed by atoms with van der Waals surface area (Å²) in [6.07, 6.45) is 0. The maximum atomic E-state index is 6.12. The van der Waals surface area contributed by atoms with Crippen LogP contribution < -0.4 is 10.6 Å². The number of benzene rings is 2. The SMILES string of the molecule is Cc1ccccc1CSc1nnc(COc2ccc(C(C)C)cc2)n1N. The molecule has 0 unspecified atom stereocenters. The van der Waals surface area contributed by atoms with E-state index in [1.165, 1.54) is 21.4 Å². The van der Waals surface area contributed by atoms with E-state index in [1.807, 2.05) is 24.3 Å². The molecule has 2 aromatic carbocycles. The van der Waals surface area contributed by atoms with Crippen LogP contribution in [0.1, 0.15) is 42.3 Å². The van der Waals surface area contributed by atoms with Gasteiger partial charge < -0.3 is 10.6 Å². The van der Waals surface area contributed by atoms with Crippen molar-refractivity contribution < 1.29 is 4.74 Å². The van der Waals surface area contributed by atoms with E-state index in [0.717, 1.165) is 11.5 Å². The molecule has 0 atom stereocenters. The van der Waals surface area contributed by atoms with Crippen LogP contribution >= 0.6 is 11.8 Å². The van der Waals surface area contributed by atoms with Gasteiger partial charge in [-0.2, -0.15) is 0 Å². The third-order valence-electron chi connectivity index (χ3n) is 4.27. The Kier molecular flexibility index (Phi) is 5.83. The summed E-state index contributed by atoms with van der Waals surface area (Å²) in [5.74, 6) is 8.83. The van der Waals surface area contributed by atoms with Gasteiger partial charge in [0.1, 0.15) is 12.4 Å². The van der Waals surface area contributed by atoms with Crippen molar-refractivity contribution in [3.05, 3.63) is 71.0 Å². The number of hydrogen-bond acceptors (Lipinski definition) is 5. The van der Waals surface area contributed by atoms with Crippen LogP contribution in [0, 0.1) is 6.92 Å². The maximum Gasteiger partial charge on any atom is 0.210 e. The molecule has 1 aromatic heterocycles. The summed E-state index contributed by atoms with van der Waals surface area (Å²) in [5.41, 5.74) is 3.81. The zero-order valence-electron chi connectivity index (χ0n) is 15.3. The highest BCUT2D eigenvalue weighted by molar-refractivity contribution is 7.98. The molecule has 0 spiro atoms. The molecule has 0 radical (unpaired) electrons. The van der Waals surface area contributed by atoms with E-state index in [2.05, 4.69) is 55.2 Å². The van der Waals surface area contributed by atoms with Gasteiger partial charge in [-0.25, -0.2) is 4.68 Å². The lowest BCUT2D eigenvalue weighted by molar-refractivity contribution is 0.291. The van der Waals surface area contributed by atoms with E-state index in [0.29, 0.717) is 16.9 Å². The van der Waals surface area contributed by atoms with Gasteiger partial charge in [0.05, 0.1) is 0 Å². The summed E-state index contributed by atoms with van der Waals surface area (Å²) in [4.78, 5) is 0. The van der Waals surface area contributed by atoms with E-state index >= 15 is 0 Å². The van der Waals surface area contributed by atoms with Gasteiger partial charge in [-0.05, 0) is 41.7 Å². The third-order valence-corrected chi connectivity index (χ3v) is 5.26. The highest BCUT2D eigenvalue weighted by Gasteiger charge is 2.12. The Morgan fingerprint density at radius 3 is 2.50 bits per heavy atom. The minimum absolute atomic E-state index is 0.287. The molecule has 0 saturated heterocycles. The monoisotopic (exact) mass is 368 g/mol. The first-order chi connectivity index (χ1) is 12.5. The predicted octanol–water partition coefficient (Wildman–Crippen LogP) is 4.30. The van der Waals surface area contributed by atoms with Crippen molar-refractivity contribution in [3.63, 3.8) is 0 Å². The van der Waals surface area contributed by atoms with Crippen molar-refractivity contribution in [2.45, 2.75) is 44.2 Å². The lowest BCUT2D eigenvalue weighted by Crippen LogP contribution is -2.15. The van der Waals surface area contributed by atoms with Gasteiger partial charge in [-0.3, -0.25) is 0 Å². The molecule has 2 N–H and O–H groups in total. The number of rotatable bonds is 7. The van der Waals surface area contributed by atoms with Crippen LogP contribution in [0.15, 0.2) is 53.7 Å². The number of nitrogens with two attached hydrogens (primary N) is 1. The fourth-order valence-electron chi connectivity index (χ4n) is 2.52. The summed E-state index contributed by atoms with van der Waals surface area (Å²) in [6, 6.07) is 16.4. The van der Waals surface area contributed by atoms with E-state index < -0.39 is 0 Å². The molecule has 3 rings (SSSR count). The molecule has 0 amide bonds. The zero-order chi connectivity index (χ0) is 18.5. The molecule has 26 heavy (non-hydrogen) atoms. The summed E-state index contributed by atoms with van der Waals surface area (Å²) < 4.78 is 7.30. The highest BCUT2D eigenvalue weighted by atomic mass is 32.2. The Bertz CT molecular complexity index is 859. The normalized spacial score (nSPS) is 11.1. The van der Waals surface area contributed by atoms with Crippen LogP contribution in [0.5, 0.6) is 5.75 Å². The molecule has 1 heterocycles. The minimum atomic E-state index is 0.287. The van der Waals surface area contributed by atoms with Crippen LogP contribution in [0.4, 0.5) is 0 Å². The number of aryl methyl sites for hydroxylation is 1. The average Bonchev–Trinajstić information content (AvgIpc) is 2.99. The van der Waals surface area contributed by atoms with Crippen LogP contribution in [0.2, 0.25) is 0 Å². The van der Waals surface area contributed by atoms with Crippen LogP contribution in [-0.2, 0) is 12.4 Å². The van der Waals surface area contributed by atoms with Gasteiger partial charge in [0.15, 0.2) is 5.82 Å². The maximum absolute atomic E-state index is 6.12. The van der Waals surface area contributed by atoms with E-state index in [9.17, 15) is 0 Å². The van der Waals surface area contributed by atoms with Crippen molar-refractivity contribution >= 4 is 11.8 Å². The number of hydrogen-bond donors (Lipinski definition) is 1. The minimum Gasteiger partial charge on any atom is -0.486 e. The van der Waals surface area contributed by atoms with Crippen molar-refractivity contribution in [1.82, 2.24) is 14.9 Å². The first-order valence-corrected chi connectivity index (χ1v) is 9.62. The molecule has 0 saturated carbocycles. The second kappa shape index (κ2) is 8.27. The van der Waals surface area contributed by atoms with E-state index in [1.54, 1.807) is 11.8 Å². The standard InChI is InChI=1S/C20H24N4OS/c1-14(2)16-8-10-18(11-9-16)25-12-19-22-23-20(24(19)21)26-13-17-7-5-4-6-15(17)3/h4-11,14H,12-13,21H2,1-3H3. The van der Waals surface area contributed by atoms with Crippen LogP contribution in [-0.4, -0.2) is 14.9 Å². The number of nitrogen functional groups attached to an aromatic ring is 1. The number of nitrogens with zero attached hydrogens (tertiary/aromatic N) is 3. The molecule has 0 aliphatic rings. The molecule has 6 heteroatoms. The molecule has 5 nitrogen and oxygen atoms in total. The lowest BCUT2D eigenvalue weighted by atomic mass is 10.0. The molecular formula is C20H24N4OS. The van der Waals surface area contributed by atoms with Gasteiger partial charge in [0.25, 0.3) is 0 Å². The Hall–Kier alpha value is -2.47. The fourth-order valence-corrected chi connectivity index (χ4v) is 3.47. The number of thioether (sulfide) groups is 1. The molecule has 0 bridgehead atoms.